The maximum atomic E-state index is 13.0. The van der Waals surface area contributed by atoms with Crippen LogP contribution >= 0.6 is 0 Å². The van der Waals surface area contributed by atoms with Gasteiger partial charge in [-0.2, -0.15) is 13.2 Å². The van der Waals surface area contributed by atoms with E-state index in [9.17, 15) is 26.4 Å². The lowest BCUT2D eigenvalue weighted by Crippen LogP contribution is -2.22. The van der Waals surface area contributed by atoms with E-state index in [4.69, 9.17) is 8.83 Å². The number of hydrogen-bond acceptors (Lipinski definition) is 5. The van der Waals surface area contributed by atoms with Crippen molar-refractivity contribution >= 4 is 21.6 Å². The SMILES string of the molecule is O=C(Nc1ccccc1C(F)(F)F)c1ccc(S(=O)(=O)NCc2ccco2)o1. The molecule has 0 spiro atoms. The molecule has 0 fully saturated rings. The van der Waals surface area contributed by atoms with Gasteiger partial charge in [-0.25, -0.2) is 13.1 Å². The maximum Gasteiger partial charge on any atom is 0.418 e. The highest BCUT2D eigenvalue weighted by Crippen LogP contribution is 2.34. The molecule has 0 aliphatic carbocycles. The summed E-state index contributed by atoms with van der Waals surface area (Å²) in [5.41, 5.74) is -1.51. The molecule has 3 rings (SSSR count). The highest BCUT2D eigenvalue weighted by atomic mass is 32.2. The van der Waals surface area contributed by atoms with Crippen LogP contribution in [0.15, 0.2) is 68.7 Å². The highest BCUT2D eigenvalue weighted by Gasteiger charge is 2.34. The Bertz CT molecular complexity index is 1070. The molecule has 3 aromatic rings. The maximum absolute atomic E-state index is 13.0. The Kier molecular flexibility index (Phi) is 5.29. The van der Waals surface area contributed by atoms with Gasteiger partial charge >= 0.3 is 6.18 Å². The molecule has 0 radical (unpaired) electrons. The first-order valence-electron chi connectivity index (χ1n) is 7.76. The van der Waals surface area contributed by atoms with E-state index in [1.165, 1.54) is 18.4 Å². The molecule has 1 aromatic carbocycles. The molecular formula is C17H13F3N2O5S. The van der Waals surface area contributed by atoms with Crippen LogP contribution < -0.4 is 10.0 Å². The molecule has 28 heavy (non-hydrogen) atoms. The van der Waals surface area contributed by atoms with Crippen LogP contribution in [0.3, 0.4) is 0 Å². The van der Waals surface area contributed by atoms with E-state index in [0.29, 0.717) is 5.76 Å². The number of benzene rings is 1. The van der Waals surface area contributed by atoms with E-state index in [1.807, 2.05) is 0 Å². The second-order valence-electron chi connectivity index (χ2n) is 5.52. The van der Waals surface area contributed by atoms with Crippen LogP contribution in [0.1, 0.15) is 21.9 Å². The molecule has 0 bridgehead atoms. The molecule has 0 saturated carbocycles. The monoisotopic (exact) mass is 414 g/mol. The van der Waals surface area contributed by atoms with Crippen molar-refractivity contribution in [1.29, 1.82) is 0 Å². The summed E-state index contributed by atoms with van der Waals surface area (Å²) in [5.74, 6) is -1.13. The van der Waals surface area contributed by atoms with E-state index in [2.05, 4.69) is 10.0 Å². The number of halogens is 3. The molecule has 0 atom stereocenters. The summed E-state index contributed by atoms with van der Waals surface area (Å²) < 4.78 is 75.6. The van der Waals surface area contributed by atoms with Crippen molar-refractivity contribution in [2.24, 2.45) is 0 Å². The summed E-state index contributed by atoms with van der Waals surface area (Å²) >= 11 is 0. The van der Waals surface area contributed by atoms with Gasteiger partial charge in [0, 0.05) is 0 Å². The normalized spacial score (nSPS) is 12.1. The molecule has 0 unspecified atom stereocenters. The lowest BCUT2D eigenvalue weighted by molar-refractivity contribution is -0.136. The zero-order valence-electron chi connectivity index (χ0n) is 14.0. The van der Waals surface area contributed by atoms with Crippen molar-refractivity contribution in [3.63, 3.8) is 0 Å². The van der Waals surface area contributed by atoms with Crippen molar-refractivity contribution in [3.8, 4) is 0 Å². The average Bonchev–Trinajstić information content (AvgIpc) is 3.32. The van der Waals surface area contributed by atoms with Crippen molar-refractivity contribution < 1.29 is 35.2 Å². The van der Waals surface area contributed by atoms with Crippen molar-refractivity contribution in [2.75, 3.05) is 5.32 Å². The summed E-state index contributed by atoms with van der Waals surface area (Å²) in [6, 6.07) is 9.60. The molecule has 1 amide bonds. The number of anilines is 1. The van der Waals surface area contributed by atoms with Gasteiger partial charge in [0.15, 0.2) is 5.76 Å². The van der Waals surface area contributed by atoms with Gasteiger partial charge in [0.1, 0.15) is 5.76 Å². The second-order valence-corrected chi connectivity index (χ2v) is 7.22. The van der Waals surface area contributed by atoms with Crippen molar-refractivity contribution in [2.45, 2.75) is 17.8 Å². The number of amides is 1. The van der Waals surface area contributed by atoms with E-state index in [1.54, 1.807) is 12.1 Å². The van der Waals surface area contributed by atoms with Crippen LogP contribution in [0.5, 0.6) is 0 Å². The number of carbonyl (C=O) groups excluding carboxylic acids is 1. The third-order valence-electron chi connectivity index (χ3n) is 3.57. The number of para-hydroxylation sites is 1. The number of alkyl halides is 3. The molecule has 2 heterocycles. The van der Waals surface area contributed by atoms with Crippen LogP contribution in [-0.4, -0.2) is 14.3 Å². The van der Waals surface area contributed by atoms with Crippen molar-refractivity contribution in [1.82, 2.24) is 4.72 Å². The van der Waals surface area contributed by atoms with Crippen molar-refractivity contribution in [3.05, 3.63) is 71.9 Å². The highest BCUT2D eigenvalue weighted by molar-refractivity contribution is 7.89. The summed E-state index contributed by atoms with van der Waals surface area (Å²) in [6.07, 6.45) is -3.30. The van der Waals surface area contributed by atoms with Crippen LogP contribution in [0.2, 0.25) is 0 Å². The Morgan fingerprint density at radius 2 is 1.79 bits per heavy atom. The number of carbonyl (C=O) groups is 1. The van der Waals surface area contributed by atoms with Crippen LogP contribution in [0, 0.1) is 0 Å². The smallest absolute Gasteiger partial charge is 0.418 e. The van der Waals surface area contributed by atoms with Gasteiger partial charge in [-0.3, -0.25) is 4.79 Å². The molecular weight excluding hydrogens is 401 g/mol. The lowest BCUT2D eigenvalue weighted by Gasteiger charge is -2.12. The first kappa shape index (κ1) is 19.7. The van der Waals surface area contributed by atoms with Gasteiger partial charge in [0.2, 0.25) is 5.09 Å². The molecule has 0 saturated heterocycles. The third-order valence-corrected chi connectivity index (χ3v) is 4.84. The standard InChI is InChI=1S/C17H13F3N2O5S/c18-17(19,20)12-5-1-2-6-13(12)22-16(23)14-7-8-15(27-14)28(24,25)21-10-11-4-3-9-26-11/h1-9,21H,10H2,(H,22,23). The second kappa shape index (κ2) is 7.52. The van der Waals surface area contributed by atoms with E-state index in [0.717, 1.165) is 24.3 Å². The summed E-state index contributed by atoms with van der Waals surface area (Å²) in [5, 5.41) is 1.51. The molecule has 0 aliphatic rings. The summed E-state index contributed by atoms with van der Waals surface area (Å²) in [6.45, 7) is -0.142. The van der Waals surface area contributed by atoms with E-state index < -0.39 is 44.2 Å². The zero-order valence-corrected chi connectivity index (χ0v) is 14.8. The topological polar surface area (TPSA) is 102 Å². The number of hydrogen-bond donors (Lipinski definition) is 2. The van der Waals surface area contributed by atoms with E-state index in [-0.39, 0.29) is 6.54 Å². The first-order chi connectivity index (χ1) is 13.2. The van der Waals surface area contributed by atoms with Gasteiger partial charge in [0.25, 0.3) is 15.9 Å². The minimum absolute atomic E-state index is 0.142. The van der Waals surface area contributed by atoms with E-state index >= 15 is 0 Å². The van der Waals surface area contributed by atoms with Gasteiger partial charge in [-0.1, -0.05) is 12.1 Å². The minimum Gasteiger partial charge on any atom is -0.468 e. The quantitative estimate of drug-likeness (QED) is 0.642. The predicted molar refractivity (Wildman–Crippen MR) is 90.8 cm³/mol. The van der Waals surface area contributed by atoms with Crippen LogP contribution in [0.4, 0.5) is 18.9 Å². The number of sulfonamides is 1. The first-order valence-corrected chi connectivity index (χ1v) is 9.24. The Hall–Kier alpha value is -3.05. The van der Waals surface area contributed by atoms with Crippen LogP contribution in [-0.2, 0) is 22.7 Å². The Morgan fingerprint density at radius 3 is 2.46 bits per heavy atom. The lowest BCUT2D eigenvalue weighted by atomic mass is 10.1. The fraction of sp³-hybridized carbons (Fsp3) is 0.118. The van der Waals surface area contributed by atoms with Gasteiger partial charge in [0.05, 0.1) is 24.1 Å². The fourth-order valence-corrected chi connectivity index (χ4v) is 3.18. The number of rotatable bonds is 6. The number of nitrogens with one attached hydrogen (secondary N) is 2. The van der Waals surface area contributed by atoms with Gasteiger partial charge < -0.3 is 14.2 Å². The van der Waals surface area contributed by atoms with Crippen LogP contribution in [0.25, 0.3) is 0 Å². The molecule has 0 aliphatic heterocycles. The van der Waals surface area contributed by atoms with Gasteiger partial charge in [-0.15, -0.1) is 0 Å². The fourth-order valence-electron chi connectivity index (χ4n) is 2.26. The Balaban J connectivity index is 1.74. The average molecular weight is 414 g/mol. The molecule has 11 heteroatoms. The third kappa shape index (κ3) is 4.43. The Labute approximate surface area is 157 Å². The summed E-state index contributed by atoms with van der Waals surface area (Å²) in [4.78, 5) is 12.2. The predicted octanol–water partition coefficient (Wildman–Crippen LogP) is 3.62. The Morgan fingerprint density at radius 1 is 1.04 bits per heavy atom. The van der Waals surface area contributed by atoms with Gasteiger partial charge in [-0.05, 0) is 36.4 Å². The molecule has 2 aromatic heterocycles. The minimum atomic E-state index is -4.67. The molecule has 148 valence electrons. The number of furan rings is 2. The molecule has 2 N–H and O–H groups in total. The summed E-state index contributed by atoms with van der Waals surface area (Å²) in [7, 11) is -4.09. The largest absolute Gasteiger partial charge is 0.468 e. The molecule has 7 nitrogen and oxygen atoms in total. The zero-order chi connectivity index (χ0) is 20.4.